The summed E-state index contributed by atoms with van der Waals surface area (Å²) in [4.78, 5) is 32.7. The van der Waals surface area contributed by atoms with Gasteiger partial charge >= 0.3 is 0 Å². The number of amides is 2. The normalized spacial score (nSPS) is 16.3. The van der Waals surface area contributed by atoms with Gasteiger partial charge in [-0.2, -0.15) is 0 Å². The van der Waals surface area contributed by atoms with Crippen LogP contribution in [0.5, 0.6) is 0 Å². The van der Waals surface area contributed by atoms with Crippen molar-refractivity contribution in [2.24, 2.45) is 5.73 Å². The molecule has 0 radical (unpaired) electrons. The summed E-state index contributed by atoms with van der Waals surface area (Å²) in [6.45, 7) is 0. The SMILES string of the molecule is NC(=O)c1c(NC(=O)c2sc3nc4c(cc3c2N)CCCC4)sc2c1CCCCCC2. The van der Waals surface area contributed by atoms with Crippen LogP contribution in [0.3, 0.4) is 0 Å². The van der Waals surface area contributed by atoms with Crippen LogP contribution in [0.2, 0.25) is 0 Å². The number of pyridine rings is 1. The summed E-state index contributed by atoms with van der Waals surface area (Å²) < 4.78 is 0. The first-order chi connectivity index (χ1) is 15.0. The van der Waals surface area contributed by atoms with E-state index in [9.17, 15) is 9.59 Å². The van der Waals surface area contributed by atoms with Crippen molar-refractivity contribution < 1.29 is 9.59 Å². The molecule has 0 aromatic carbocycles. The highest BCUT2D eigenvalue weighted by molar-refractivity contribution is 7.21. The molecule has 6 nitrogen and oxygen atoms in total. The Morgan fingerprint density at radius 3 is 2.52 bits per heavy atom. The van der Waals surface area contributed by atoms with Crippen molar-refractivity contribution in [3.8, 4) is 0 Å². The minimum Gasteiger partial charge on any atom is -0.397 e. The number of hydrogen-bond acceptors (Lipinski definition) is 6. The van der Waals surface area contributed by atoms with E-state index >= 15 is 0 Å². The molecule has 0 aliphatic heterocycles. The lowest BCUT2D eigenvalue weighted by Crippen LogP contribution is -2.18. The summed E-state index contributed by atoms with van der Waals surface area (Å²) in [5.74, 6) is -0.776. The number of carbonyl (C=O) groups excluding carboxylic acids is 2. The van der Waals surface area contributed by atoms with E-state index in [-0.39, 0.29) is 5.91 Å². The predicted molar refractivity (Wildman–Crippen MR) is 127 cm³/mol. The number of nitrogens with two attached hydrogens (primary N) is 2. The minimum atomic E-state index is -0.480. The van der Waals surface area contributed by atoms with Crippen LogP contribution in [0.25, 0.3) is 10.2 Å². The van der Waals surface area contributed by atoms with Crippen molar-refractivity contribution in [1.82, 2.24) is 4.98 Å². The number of thiophene rings is 2. The van der Waals surface area contributed by atoms with Gasteiger partial charge in [-0.3, -0.25) is 9.59 Å². The van der Waals surface area contributed by atoms with Crippen molar-refractivity contribution >= 4 is 55.4 Å². The maximum absolute atomic E-state index is 13.2. The average Bonchev–Trinajstić information content (AvgIpc) is 3.23. The molecule has 162 valence electrons. The number of nitrogen functional groups attached to an aromatic ring is 1. The number of rotatable bonds is 3. The molecule has 0 atom stereocenters. The predicted octanol–water partition coefficient (Wildman–Crippen LogP) is 4.83. The van der Waals surface area contributed by atoms with Crippen LogP contribution >= 0.6 is 22.7 Å². The highest BCUT2D eigenvalue weighted by Crippen LogP contribution is 2.39. The number of hydrogen-bond donors (Lipinski definition) is 3. The molecular weight excluding hydrogens is 428 g/mol. The van der Waals surface area contributed by atoms with Crippen molar-refractivity contribution in [2.75, 3.05) is 11.1 Å². The lowest BCUT2D eigenvalue weighted by Gasteiger charge is -2.14. The first kappa shape index (κ1) is 20.5. The van der Waals surface area contributed by atoms with Gasteiger partial charge in [0.05, 0.1) is 11.3 Å². The van der Waals surface area contributed by atoms with E-state index in [1.807, 2.05) is 0 Å². The zero-order valence-electron chi connectivity index (χ0n) is 17.4. The third-order valence-electron chi connectivity index (χ3n) is 6.35. The Hall–Kier alpha value is -2.45. The number of primary amides is 1. The number of anilines is 2. The van der Waals surface area contributed by atoms with Gasteiger partial charge in [0.25, 0.3) is 11.8 Å². The quantitative estimate of drug-likeness (QED) is 0.526. The molecule has 2 aliphatic carbocycles. The van der Waals surface area contributed by atoms with Crippen molar-refractivity contribution in [2.45, 2.75) is 64.2 Å². The van der Waals surface area contributed by atoms with E-state index in [2.05, 4.69) is 11.4 Å². The smallest absolute Gasteiger partial charge is 0.268 e. The summed E-state index contributed by atoms with van der Waals surface area (Å²) in [7, 11) is 0. The van der Waals surface area contributed by atoms with Crippen LogP contribution in [0.1, 0.15) is 80.3 Å². The zero-order valence-corrected chi connectivity index (χ0v) is 19.0. The van der Waals surface area contributed by atoms with Crippen LogP contribution in [0.4, 0.5) is 10.7 Å². The summed E-state index contributed by atoms with van der Waals surface area (Å²) in [5.41, 5.74) is 16.4. The molecule has 8 heteroatoms. The standard InChI is InChI=1S/C23H26N4O2S2/c24-18-14-11-12-7-5-6-9-15(12)26-22(14)31-19(18)21(29)27-23-17(20(25)28)13-8-3-1-2-4-10-16(13)30-23/h11H,1-10,24H2,(H2,25,28)(H,27,29). The highest BCUT2D eigenvalue weighted by atomic mass is 32.1. The molecule has 3 aromatic rings. The van der Waals surface area contributed by atoms with Crippen molar-refractivity contribution in [3.63, 3.8) is 0 Å². The first-order valence-electron chi connectivity index (χ1n) is 11.0. The lowest BCUT2D eigenvalue weighted by atomic mass is 9.95. The molecule has 0 unspecified atom stereocenters. The summed E-state index contributed by atoms with van der Waals surface area (Å²) in [6, 6.07) is 2.10. The van der Waals surface area contributed by atoms with Gasteiger partial charge in [0.1, 0.15) is 14.7 Å². The Morgan fingerprint density at radius 2 is 1.71 bits per heavy atom. The number of fused-ring (bicyclic) bond motifs is 3. The molecule has 5 rings (SSSR count). The van der Waals surface area contributed by atoms with E-state index in [4.69, 9.17) is 16.5 Å². The highest BCUT2D eigenvalue weighted by Gasteiger charge is 2.26. The monoisotopic (exact) mass is 454 g/mol. The fraction of sp³-hybridized carbons (Fsp3) is 0.435. The molecule has 0 saturated carbocycles. The van der Waals surface area contributed by atoms with Crippen LogP contribution in [0.15, 0.2) is 6.07 Å². The zero-order chi connectivity index (χ0) is 21.5. The molecule has 2 aliphatic rings. The van der Waals surface area contributed by atoms with Gasteiger partial charge < -0.3 is 16.8 Å². The Bertz CT molecular complexity index is 1190. The van der Waals surface area contributed by atoms with Crippen LogP contribution in [0, 0.1) is 0 Å². The van der Waals surface area contributed by atoms with E-state index < -0.39 is 5.91 Å². The molecule has 0 saturated heterocycles. The van der Waals surface area contributed by atoms with Gasteiger partial charge in [-0.25, -0.2) is 4.98 Å². The Morgan fingerprint density at radius 1 is 0.968 bits per heavy atom. The van der Waals surface area contributed by atoms with E-state index in [1.54, 1.807) is 0 Å². The average molecular weight is 455 g/mol. The number of aromatic nitrogens is 1. The van der Waals surface area contributed by atoms with Gasteiger partial charge in [-0.05, 0) is 68.6 Å². The number of nitrogens with zero attached hydrogens (tertiary/aromatic N) is 1. The third-order valence-corrected chi connectivity index (χ3v) is 8.67. The number of aryl methyl sites for hydroxylation is 3. The van der Waals surface area contributed by atoms with Crippen molar-refractivity contribution in [1.29, 1.82) is 0 Å². The van der Waals surface area contributed by atoms with Gasteiger partial charge in [0.2, 0.25) is 0 Å². The molecule has 0 fully saturated rings. The Balaban J connectivity index is 1.50. The molecule has 5 N–H and O–H groups in total. The molecule has 0 bridgehead atoms. The largest absolute Gasteiger partial charge is 0.397 e. The molecular formula is C23H26N4O2S2. The van der Waals surface area contributed by atoms with Crippen molar-refractivity contribution in [3.05, 3.63) is 38.2 Å². The first-order valence-corrected chi connectivity index (χ1v) is 12.6. The summed E-state index contributed by atoms with van der Waals surface area (Å²) in [5, 5.41) is 4.36. The van der Waals surface area contributed by atoms with Gasteiger partial charge in [-0.1, -0.05) is 12.8 Å². The van der Waals surface area contributed by atoms with E-state index in [1.165, 1.54) is 39.5 Å². The second kappa shape index (κ2) is 8.24. The van der Waals surface area contributed by atoms with Crippen LogP contribution in [-0.2, 0) is 25.7 Å². The van der Waals surface area contributed by atoms with Crippen LogP contribution in [-0.4, -0.2) is 16.8 Å². The van der Waals surface area contributed by atoms with Gasteiger partial charge in [0.15, 0.2) is 0 Å². The van der Waals surface area contributed by atoms with Crippen LogP contribution < -0.4 is 16.8 Å². The summed E-state index contributed by atoms with van der Waals surface area (Å²) in [6.07, 6.45) is 10.6. The molecule has 2 amide bonds. The van der Waals surface area contributed by atoms with Gasteiger partial charge in [-0.15, -0.1) is 22.7 Å². The second-order valence-electron chi connectivity index (χ2n) is 8.44. The molecule has 0 spiro atoms. The number of carbonyl (C=O) groups is 2. The van der Waals surface area contributed by atoms with E-state index in [0.717, 1.165) is 79.3 Å². The lowest BCUT2D eigenvalue weighted by molar-refractivity contribution is 0.100. The maximum Gasteiger partial charge on any atom is 0.268 e. The van der Waals surface area contributed by atoms with E-state index in [0.29, 0.717) is 21.1 Å². The fourth-order valence-corrected chi connectivity index (χ4v) is 7.04. The topological polar surface area (TPSA) is 111 Å². The molecule has 3 heterocycles. The van der Waals surface area contributed by atoms with Gasteiger partial charge in [0, 0.05) is 16.0 Å². The Labute approximate surface area is 189 Å². The molecule has 3 aromatic heterocycles. The second-order valence-corrected chi connectivity index (χ2v) is 10.5. The third kappa shape index (κ3) is 3.72. The number of nitrogens with one attached hydrogen (secondary N) is 1. The minimum absolute atomic E-state index is 0.296. The Kier molecular flexibility index (Phi) is 5.44. The fourth-order valence-electron chi connectivity index (χ4n) is 4.76. The summed E-state index contributed by atoms with van der Waals surface area (Å²) >= 11 is 2.80. The maximum atomic E-state index is 13.2. The molecule has 31 heavy (non-hydrogen) atoms.